The second-order valence-electron chi connectivity index (χ2n) is 3.68. The average molecular weight is 244 g/mol. The Balaban J connectivity index is 2.06. The molecule has 0 saturated carbocycles. The molecule has 0 amide bonds. The summed E-state index contributed by atoms with van der Waals surface area (Å²) in [6, 6.07) is 15.4. The largest absolute Gasteiger partial charge is 0.497 e. The zero-order valence-electron chi connectivity index (χ0n) is 10.4. The molecule has 0 bridgehead atoms. The first-order chi connectivity index (χ1) is 8.83. The Morgan fingerprint density at radius 1 is 0.833 bits per heavy atom. The second kappa shape index (κ2) is 5.82. The molecule has 2 aromatic rings. The Hall–Kier alpha value is -2.36. The van der Waals surface area contributed by atoms with Crippen molar-refractivity contribution < 1.29 is 9.47 Å². The number of anilines is 2. The van der Waals surface area contributed by atoms with Gasteiger partial charge in [0, 0.05) is 6.07 Å². The SMILES string of the molecule is COc1cccc(NNc2ccccc2OC)c1. The van der Waals surface area contributed by atoms with Crippen LogP contribution in [-0.2, 0) is 0 Å². The minimum Gasteiger partial charge on any atom is -0.497 e. The van der Waals surface area contributed by atoms with E-state index >= 15 is 0 Å². The van der Waals surface area contributed by atoms with Crippen molar-refractivity contribution in [1.29, 1.82) is 0 Å². The molecule has 0 spiro atoms. The maximum absolute atomic E-state index is 5.25. The van der Waals surface area contributed by atoms with Crippen LogP contribution in [0.5, 0.6) is 11.5 Å². The molecular weight excluding hydrogens is 228 g/mol. The minimum absolute atomic E-state index is 0.785. The minimum atomic E-state index is 0.785. The first-order valence-corrected chi connectivity index (χ1v) is 5.62. The molecule has 2 N–H and O–H groups in total. The fourth-order valence-corrected chi connectivity index (χ4v) is 1.59. The van der Waals surface area contributed by atoms with Gasteiger partial charge in [-0.15, -0.1) is 0 Å². The smallest absolute Gasteiger partial charge is 0.143 e. The van der Waals surface area contributed by atoms with Gasteiger partial charge in [0.15, 0.2) is 0 Å². The highest BCUT2D eigenvalue weighted by molar-refractivity contribution is 5.60. The summed E-state index contributed by atoms with van der Waals surface area (Å²) in [6.45, 7) is 0. The standard InChI is InChI=1S/C14H16N2O2/c1-17-12-7-5-6-11(10-12)15-16-13-8-3-4-9-14(13)18-2/h3-10,15-16H,1-2H3. The molecule has 4 nitrogen and oxygen atoms in total. The molecule has 4 heteroatoms. The lowest BCUT2D eigenvalue weighted by molar-refractivity contribution is 0.415. The van der Waals surface area contributed by atoms with Gasteiger partial charge < -0.3 is 14.9 Å². The molecule has 18 heavy (non-hydrogen) atoms. The van der Waals surface area contributed by atoms with Crippen LogP contribution in [0.25, 0.3) is 0 Å². The van der Waals surface area contributed by atoms with Gasteiger partial charge >= 0.3 is 0 Å². The number of ether oxygens (including phenoxy) is 2. The van der Waals surface area contributed by atoms with Crippen LogP contribution in [0.3, 0.4) is 0 Å². The maximum Gasteiger partial charge on any atom is 0.143 e. The Morgan fingerprint density at radius 3 is 2.44 bits per heavy atom. The van der Waals surface area contributed by atoms with Gasteiger partial charge in [-0.05, 0) is 24.3 Å². The van der Waals surface area contributed by atoms with Gasteiger partial charge in [-0.25, -0.2) is 0 Å². The van der Waals surface area contributed by atoms with Crippen molar-refractivity contribution in [3.63, 3.8) is 0 Å². The van der Waals surface area contributed by atoms with Crippen molar-refractivity contribution in [3.05, 3.63) is 48.5 Å². The number of methoxy groups -OCH3 is 2. The molecule has 0 fully saturated rings. The number of hydrogen-bond acceptors (Lipinski definition) is 4. The number of rotatable bonds is 5. The summed E-state index contributed by atoms with van der Waals surface area (Å²) in [7, 11) is 3.29. The molecule has 0 saturated heterocycles. The molecule has 0 aliphatic heterocycles. The zero-order chi connectivity index (χ0) is 12.8. The van der Waals surface area contributed by atoms with Crippen LogP contribution in [0, 0.1) is 0 Å². The summed E-state index contributed by atoms with van der Waals surface area (Å²) in [5.74, 6) is 1.59. The lowest BCUT2D eigenvalue weighted by Gasteiger charge is -2.13. The Kier molecular flexibility index (Phi) is 3.91. The van der Waals surface area contributed by atoms with Crippen LogP contribution in [0.15, 0.2) is 48.5 Å². The number of hydrazine groups is 1. The van der Waals surface area contributed by atoms with Crippen molar-refractivity contribution in [2.75, 3.05) is 25.1 Å². The molecule has 0 atom stereocenters. The molecule has 0 aliphatic rings. The van der Waals surface area contributed by atoms with E-state index in [0.717, 1.165) is 22.9 Å². The van der Waals surface area contributed by atoms with Crippen molar-refractivity contribution in [2.45, 2.75) is 0 Å². The molecule has 0 heterocycles. The van der Waals surface area contributed by atoms with E-state index in [0.29, 0.717) is 0 Å². The van der Waals surface area contributed by atoms with Crippen LogP contribution >= 0.6 is 0 Å². The summed E-state index contributed by atoms with van der Waals surface area (Å²) in [5, 5.41) is 0. The van der Waals surface area contributed by atoms with Crippen molar-refractivity contribution in [2.24, 2.45) is 0 Å². The van der Waals surface area contributed by atoms with E-state index in [2.05, 4.69) is 10.9 Å². The van der Waals surface area contributed by atoms with E-state index in [9.17, 15) is 0 Å². The van der Waals surface area contributed by atoms with Gasteiger partial charge in [-0.2, -0.15) is 0 Å². The average Bonchev–Trinajstić information content (AvgIpc) is 2.45. The van der Waals surface area contributed by atoms with Gasteiger partial charge in [-0.1, -0.05) is 18.2 Å². The lowest BCUT2D eigenvalue weighted by atomic mass is 10.3. The van der Waals surface area contributed by atoms with Gasteiger partial charge in [0.05, 0.1) is 25.6 Å². The van der Waals surface area contributed by atoms with Gasteiger partial charge in [0.25, 0.3) is 0 Å². The molecule has 0 radical (unpaired) electrons. The van der Waals surface area contributed by atoms with Crippen LogP contribution in [0.2, 0.25) is 0 Å². The predicted molar refractivity (Wildman–Crippen MR) is 73.2 cm³/mol. The molecule has 0 aromatic heterocycles. The van der Waals surface area contributed by atoms with E-state index in [-0.39, 0.29) is 0 Å². The van der Waals surface area contributed by atoms with E-state index in [1.165, 1.54) is 0 Å². The third kappa shape index (κ3) is 2.85. The fraction of sp³-hybridized carbons (Fsp3) is 0.143. The van der Waals surface area contributed by atoms with Gasteiger partial charge in [0.1, 0.15) is 11.5 Å². The Morgan fingerprint density at radius 2 is 1.67 bits per heavy atom. The number of benzene rings is 2. The Labute approximate surface area is 107 Å². The van der Waals surface area contributed by atoms with E-state index in [1.54, 1.807) is 14.2 Å². The number of hydrogen-bond donors (Lipinski definition) is 2. The highest BCUT2D eigenvalue weighted by Crippen LogP contribution is 2.24. The van der Waals surface area contributed by atoms with Crippen LogP contribution in [-0.4, -0.2) is 14.2 Å². The first-order valence-electron chi connectivity index (χ1n) is 5.62. The van der Waals surface area contributed by atoms with Crippen LogP contribution < -0.4 is 20.3 Å². The van der Waals surface area contributed by atoms with Gasteiger partial charge in [0.2, 0.25) is 0 Å². The summed E-state index contributed by atoms with van der Waals surface area (Å²) < 4.78 is 10.4. The normalized spacial score (nSPS) is 9.67. The molecule has 94 valence electrons. The molecule has 2 aromatic carbocycles. The van der Waals surface area contributed by atoms with E-state index in [1.807, 2.05) is 48.5 Å². The first kappa shape index (κ1) is 12.1. The fourth-order valence-electron chi connectivity index (χ4n) is 1.59. The molecule has 0 aliphatic carbocycles. The predicted octanol–water partition coefficient (Wildman–Crippen LogP) is 3.14. The molecule has 0 unspecified atom stereocenters. The van der Waals surface area contributed by atoms with E-state index < -0.39 is 0 Å². The molecular formula is C14H16N2O2. The monoisotopic (exact) mass is 244 g/mol. The second-order valence-corrected chi connectivity index (χ2v) is 3.68. The van der Waals surface area contributed by atoms with Crippen LogP contribution in [0.4, 0.5) is 11.4 Å². The lowest BCUT2D eigenvalue weighted by Crippen LogP contribution is -2.09. The van der Waals surface area contributed by atoms with Gasteiger partial charge in [-0.3, -0.25) is 5.43 Å². The molecule has 2 rings (SSSR count). The zero-order valence-corrected chi connectivity index (χ0v) is 10.4. The number of para-hydroxylation sites is 2. The van der Waals surface area contributed by atoms with Crippen molar-refractivity contribution >= 4 is 11.4 Å². The topological polar surface area (TPSA) is 42.5 Å². The van der Waals surface area contributed by atoms with Crippen molar-refractivity contribution in [1.82, 2.24) is 0 Å². The summed E-state index contributed by atoms with van der Waals surface area (Å²) >= 11 is 0. The Bertz CT molecular complexity index is 515. The third-order valence-electron chi connectivity index (χ3n) is 2.52. The maximum atomic E-state index is 5.25. The number of nitrogens with one attached hydrogen (secondary N) is 2. The summed E-state index contributed by atoms with van der Waals surface area (Å²) in [6.07, 6.45) is 0. The van der Waals surface area contributed by atoms with E-state index in [4.69, 9.17) is 9.47 Å². The highest BCUT2D eigenvalue weighted by atomic mass is 16.5. The third-order valence-corrected chi connectivity index (χ3v) is 2.52. The van der Waals surface area contributed by atoms with Crippen LogP contribution in [0.1, 0.15) is 0 Å². The highest BCUT2D eigenvalue weighted by Gasteiger charge is 2.00. The summed E-state index contributed by atoms with van der Waals surface area (Å²) in [4.78, 5) is 0. The quantitative estimate of drug-likeness (QED) is 0.793. The summed E-state index contributed by atoms with van der Waals surface area (Å²) in [5.41, 5.74) is 8.00. The van der Waals surface area contributed by atoms with Crippen molar-refractivity contribution in [3.8, 4) is 11.5 Å².